The predicted molar refractivity (Wildman–Crippen MR) is 292 cm³/mol. The molecule has 3 aliphatic carbocycles. The van der Waals surface area contributed by atoms with Crippen LogP contribution in [0.1, 0.15) is 104 Å². The average molecular weight is 1170 g/mol. The maximum atomic E-state index is 13.7. The third-order valence-corrected chi connectivity index (χ3v) is 15.7. The van der Waals surface area contributed by atoms with Gasteiger partial charge >= 0.3 is 0 Å². The van der Waals surface area contributed by atoms with E-state index >= 15 is 0 Å². The number of aliphatic hydroxyl groups excluding tert-OH is 9. The quantitative estimate of drug-likeness (QED) is 0.0274. The van der Waals surface area contributed by atoms with Crippen molar-refractivity contribution in [1.29, 1.82) is 0 Å². The summed E-state index contributed by atoms with van der Waals surface area (Å²) in [5.74, 6) is -4.24. The molecule has 3 saturated carbocycles. The lowest BCUT2D eigenvalue weighted by molar-refractivity contribution is -0.144. The number of rotatable bonds is 42. The van der Waals surface area contributed by atoms with Crippen molar-refractivity contribution in [3.8, 4) is 0 Å². The topological polar surface area (TPSA) is 392 Å². The summed E-state index contributed by atoms with van der Waals surface area (Å²) in [6.07, 6.45) is -4.19. The zero-order valence-electron chi connectivity index (χ0n) is 48.3. The van der Waals surface area contributed by atoms with Gasteiger partial charge in [-0.2, -0.15) is 0 Å². The van der Waals surface area contributed by atoms with Crippen LogP contribution >= 0.6 is 0 Å². The molecule has 472 valence electrons. The van der Waals surface area contributed by atoms with Gasteiger partial charge in [0.1, 0.15) is 5.54 Å². The fraction of sp³-hybridized carbons (Fsp3) is 0.909. The molecule has 3 aliphatic rings. The number of carbonyl (C=O) groups is 5. The largest absolute Gasteiger partial charge is 0.396 e. The van der Waals surface area contributed by atoms with E-state index in [4.69, 9.17) is 33.2 Å². The van der Waals surface area contributed by atoms with Crippen LogP contribution in [-0.4, -0.2) is 255 Å². The Kier molecular flexibility index (Phi) is 35.6. The highest BCUT2D eigenvalue weighted by atomic mass is 16.5. The molecule has 26 nitrogen and oxygen atoms in total. The van der Waals surface area contributed by atoms with Gasteiger partial charge in [-0.05, 0) is 51.4 Å². The maximum Gasteiger partial charge on any atom is 0.222 e. The van der Waals surface area contributed by atoms with Gasteiger partial charge in [0.25, 0.3) is 0 Å². The molecule has 0 aromatic carbocycles. The van der Waals surface area contributed by atoms with Gasteiger partial charge in [0.15, 0.2) is 0 Å². The summed E-state index contributed by atoms with van der Waals surface area (Å²) in [6, 6.07) is 0. The molecule has 7 unspecified atom stereocenters. The van der Waals surface area contributed by atoms with E-state index in [2.05, 4.69) is 26.6 Å². The van der Waals surface area contributed by atoms with Crippen LogP contribution in [0.2, 0.25) is 0 Å². The lowest BCUT2D eigenvalue weighted by atomic mass is 9.77. The Morgan fingerprint density at radius 1 is 0.407 bits per heavy atom. The standard InChI is InChI=1S/C55H101N5O21/c1-35-41(26-38(29-61)52(72)49(35)69)79-20-7-16-57-45(65)12-23-76-32-55(60-48(68)11-5-10-44(64)56-15-6-19-75-4,33-77-24-13-46(66)58-17-8-21-80-42-27-39(30-62)53(73)50(70)36(42)2)34-78-25-14-47(67)59-18-9-22-81-43-28-40(31-63)54(74)51(71)37(43)3/h35-43,49-54,61-63,69-74H,5-34H2,1-4H3,(H,56,64)(H,57,65)(H,58,66)(H,59,67)(H,60,68)/t35?,36?,37?,38?,39?,40?,41-,42-,43-,49-,50-,51?,52+,53+,54+,55?/m1/s1. The first-order valence-electron chi connectivity index (χ1n) is 29.2. The third-order valence-electron chi connectivity index (χ3n) is 15.7. The van der Waals surface area contributed by atoms with E-state index in [0.717, 1.165) is 0 Å². The minimum Gasteiger partial charge on any atom is -0.396 e. The fourth-order valence-electron chi connectivity index (χ4n) is 10.3. The summed E-state index contributed by atoms with van der Waals surface area (Å²) in [6.45, 7) is 6.04. The first kappa shape index (κ1) is 72.0. The predicted octanol–water partition coefficient (Wildman–Crippen LogP) is -2.83. The molecule has 26 heteroatoms. The summed E-state index contributed by atoms with van der Waals surface area (Å²) in [5, 5.41) is 105. The lowest BCUT2D eigenvalue weighted by Crippen LogP contribution is -2.58. The molecular formula is C55H101N5O21. The van der Waals surface area contributed by atoms with Crippen LogP contribution < -0.4 is 26.6 Å². The summed E-state index contributed by atoms with van der Waals surface area (Å²) in [7, 11) is 1.57. The molecule has 3 fully saturated rings. The second-order valence-corrected chi connectivity index (χ2v) is 22.2. The second kappa shape index (κ2) is 40.1. The van der Waals surface area contributed by atoms with Gasteiger partial charge in [0, 0.05) is 147 Å². The van der Waals surface area contributed by atoms with Gasteiger partial charge < -0.3 is 106 Å². The maximum absolute atomic E-state index is 13.7. The molecule has 3 rings (SSSR count). The Labute approximate surface area is 477 Å². The molecular weight excluding hydrogens is 1070 g/mol. The number of nitrogens with one attached hydrogen (secondary N) is 5. The highest BCUT2D eigenvalue weighted by Crippen LogP contribution is 2.34. The van der Waals surface area contributed by atoms with Gasteiger partial charge in [-0.3, -0.25) is 24.0 Å². The van der Waals surface area contributed by atoms with Crippen LogP contribution in [-0.2, 0) is 57.1 Å². The van der Waals surface area contributed by atoms with E-state index < -0.39 is 65.8 Å². The first-order valence-corrected chi connectivity index (χ1v) is 29.2. The third kappa shape index (κ3) is 26.3. The van der Waals surface area contributed by atoms with E-state index in [1.807, 2.05) is 0 Å². The molecule has 0 aromatic heterocycles. The van der Waals surface area contributed by atoms with E-state index in [0.29, 0.717) is 58.1 Å². The van der Waals surface area contributed by atoms with Gasteiger partial charge in [0.2, 0.25) is 29.5 Å². The molecule has 0 aromatic rings. The number of hydrogen-bond donors (Lipinski definition) is 14. The Balaban J connectivity index is 1.59. The molecule has 5 amide bonds. The molecule has 14 N–H and O–H groups in total. The van der Waals surface area contributed by atoms with Crippen molar-refractivity contribution in [3.05, 3.63) is 0 Å². The van der Waals surface area contributed by atoms with E-state index in [9.17, 15) is 69.9 Å². The van der Waals surface area contributed by atoms with E-state index in [-0.39, 0.29) is 197 Å². The normalized spacial score (nSPS) is 29.3. The second-order valence-electron chi connectivity index (χ2n) is 22.2. The molecule has 0 heterocycles. The van der Waals surface area contributed by atoms with Crippen molar-refractivity contribution < 1.29 is 103 Å². The van der Waals surface area contributed by atoms with Gasteiger partial charge in [0.05, 0.1) is 94.6 Å². The van der Waals surface area contributed by atoms with Crippen LogP contribution in [0.25, 0.3) is 0 Å². The summed E-state index contributed by atoms with van der Waals surface area (Å²) in [4.78, 5) is 64.9. The summed E-state index contributed by atoms with van der Waals surface area (Å²) >= 11 is 0. The Morgan fingerprint density at radius 3 is 1.01 bits per heavy atom. The molecule has 0 radical (unpaired) electrons. The zero-order chi connectivity index (χ0) is 59.7. The lowest BCUT2D eigenvalue weighted by Gasteiger charge is -2.40. The van der Waals surface area contributed by atoms with Crippen molar-refractivity contribution in [2.45, 2.75) is 165 Å². The smallest absolute Gasteiger partial charge is 0.222 e. The van der Waals surface area contributed by atoms with Gasteiger partial charge in [-0.25, -0.2) is 0 Å². The Hall–Kier alpha value is -3.29. The monoisotopic (exact) mass is 1170 g/mol. The number of aliphatic hydroxyl groups is 9. The number of amides is 5. The molecule has 0 bridgehead atoms. The molecule has 0 saturated heterocycles. The molecule has 0 aliphatic heterocycles. The molecule has 81 heavy (non-hydrogen) atoms. The van der Waals surface area contributed by atoms with Crippen molar-refractivity contribution in [3.63, 3.8) is 0 Å². The zero-order valence-corrected chi connectivity index (χ0v) is 48.3. The van der Waals surface area contributed by atoms with Crippen LogP contribution in [0.5, 0.6) is 0 Å². The van der Waals surface area contributed by atoms with Gasteiger partial charge in [-0.15, -0.1) is 0 Å². The van der Waals surface area contributed by atoms with Crippen LogP contribution in [0.15, 0.2) is 0 Å². The fourth-order valence-corrected chi connectivity index (χ4v) is 10.3. The Morgan fingerprint density at radius 2 is 0.704 bits per heavy atom. The Bertz CT molecular complexity index is 1610. The number of hydrogen-bond acceptors (Lipinski definition) is 21. The van der Waals surface area contributed by atoms with Crippen molar-refractivity contribution in [1.82, 2.24) is 26.6 Å². The number of carbonyl (C=O) groups excluding carboxylic acids is 5. The van der Waals surface area contributed by atoms with Crippen molar-refractivity contribution in [2.75, 3.05) is 119 Å². The van der Waals surface area contributed by atoms with E-state index in [1.165, 1.54) is 0 Å². The van der Waals surface area contributed by atoms with Crippen molar-refractivity contribution in [2.24, 2.45) is 35.5 Å². The highest BCUT2D eigenvalue weighted by Gasteiger charge is 2.44. The van der Waals surface area contributed by atoms with Crippen LogP contribution in [0.3, 0.4) is 0 Å². The van der Waals surface area contributed by atoms with Crippen LogP contribution in [0, 0.1) is 35.5 Å². The minimum atomic E-state index is -1.41. The summed E-state index contributed by atoms with van der Waals surface area (Å²) < 4.78 is 41.0. The minimum absolute atomic E-state index is 0.0593. The molecule has 0 spiro atoms. The van der Waals surface area contributed by atoms with Crippen LogP contribution in [0.4, 0.5) is 0 Å². The summed E-state index contributed by atoms with van der Waals surface area (Å²) in [5.41, 5.74) is -1.41. The molecule has 15 atom stereocenters. The van der Waals surface area contributed by atoms with E-state index in [1.54, 1.807) is 27.9 Å². The SMILES string of the molecule is COCCCNC(=O)CCCC(=O)NC(COCCC(=O)NCCCO[C@@H]1CC(CO)[C@H](O)C(O)C1C)(COCCC(=O)NCCCO[C@@H]1CC(CO)[C@H](O)[C@H](O)C1C)COCCC(=O)NCCCO[C@@H]1CC(CO)[C@H](O)[C@H](O)C1C. The number of methoxy groups -OCH3 is 1. The highest BCUT2D eigenvalue weighted by molar-refractivity contribution is 5.79. The van der Waals surface area contributed by atoms with Gasteiger partial charge in [-0.1, -0.05) is 20.8 Å². The average Bonchev–Trinajstić information content (AvgIpc) is 3.46. The van der Waals surface area contributed by atoms with Crippen molar-refractivity contribution >= 4 is 29.5 Å². The number of ether oxygens (including phenoxy) is 7. The first-order chi connectivity index (χ1) is 38.8.